The maximum atomic E-state index is 12.9. The molecule has 1 amide bonds. The first-order chi connectivity index (χ1) is 17.7. The average Bonchev–Trinajstić information content (AvgIpc) is 3.27. The van der Waals surface area contributed by atoms with Gasteiger partial charge in [0.15, 0.2) is 6.10 Å². The Labute approximate surface area is 212 Å². The van der Waals surface area contributed by atoms with Crippen molar-refractivity contribution in [3.63, 3.8) is 0 Å². The van der Waals surface area contributed by atoms with Crippen LogP contribution in [0.15, 0.2) is 45.7 Å². The van der Waals surface area contributed by atoms with Crippen molar-refractivity contribution in [2.45, 2.75) is 58.1 Å². The van der Waals surface area contributed by atoms with E-state index in [-0.39, 0.29) is 17.8 Å². The molecule has 0 bridgehead atoms. The quantitative estimate of drug-likeness (QED) is 0.281. The van der Waals surface area contributed by atoms with Crippen molar-refractivity contribution in [3.8, 4) is 11.5 Å². The highest BCUT2D eigenvalue weighted by Gasteiger charge is 2.26. The van der Waals surface area contributed by atoms with Crippen LogP contribution in [0.4, 0.5) is 0 Å². The fraction of sp³-hybridized carbons (Fsp3) is 0.321. The van der Waals surface area contributed by atoms with Gasteiger partial charge in [0, 0.05) is 40.0 Å². The number of aromatic hydroxyl groups is 1. The van der Waals surface area contributed by atoms with Crippen LogP contribution < -0.4 is 15.7 Å². The average molecular weight is 505 g/mol. The van der Waals surface area contributed by atoms with Gasteiger partial charge in [0.05, 0.1) is 0 Å². The zero-order valence-electron chi connectivity index (χ0n) is 20.6. The van der Waals surface area contributed by atoms with Crippen LogP contribution in [0.5, 0.6) is 11.5 Å². The van der Waals surface area contributed by atoms with Crippen molar-refractivity contribution in [2.24, 2.45) is 0 Å². The van der Waals surface area contributed by atoms with Crippen molar-refractivity contribution in [3.05, 3.63) is 69.2 Å². The van der Waals surface area contributed by atoms with Crippen molar-refractivity contribution >= 4 is 33.7 Å². The molecule has 0 aliphatic heterocycles. The Kier molecular flexibility index (Phi) is 6.37. The van der Waals surface area contributed by atoms with Crippen LogP contribution in [-0.4, -0.2) is 39.2 Å². The van der Waals surface area contributed by atoms with E-state index < -0.39 is 24.0 Å². The van der Waals surface area contributed by atoms with E-state index in [4.69, 9.17) is 9.15 Å². The number of carbonyl (C=O) groups excluding carboxylic acids is 1. The third kappa shape index (κ3) is 4.64. The zero-order chi connectivity index (χ0) is 26.3. The molecule has 0 saturated heterocycles. The van der Waals surface area contributed by atoms with Crippen LogP contribution in [0.2, 0.25) is 0 Å². The monoisotopic (exact) mass is 504 g/mol. The van der Waals surface area contributed by atoms with E-state index in [1.54, 1.807) is 31.3 Å². The molecule has 0 radical (unpaired) electrons. The minimum Gasteiger partial charge on any atom is -0.508 e. The normalized spacial score (nSPS) is 14.8. The summed E-state index contributed by atoms with van der Waals surface area (Å²) in [5.41, 5.74) is 3.88. The zero-order valence-corrected chi connectivity index (χ0v) is 20.6. The number of fused-ring (bicyclic) bond motifs is 4. The number of phenols is 1. The number of rotatable bonds is 7. The van der Waals surface area contributed by atoms with Gasteiger partial charge in [-0.25, -0.2) is 9.59 Å². The van der Waals surface area contributed by atoms with Crippen LogP contribution >= 0.6 is 0 Å². The van der Waals surface area contributed by atoms with E-state index in [0.29, 0.717) is 34.3 Å². The highest BCUT2D eigenvalue weighted by molar-refractivity contribution is 5.89. The second kappa shape index (κ2) is 9.65. The van der Waals surface area contributed by atoms with Crippen LogP contribution in [0, 0.1) is 6.92 Å². The lowest BCUT2D eigenvalue weighted by Crippen LogP contribution is -2.47. The molecule has 0 fully saturated rings. The van der Waals surface area contributed by atoms with Gasteiger partial charge in [0.2, 0.25) is 0 Å². The summed E-state index contributed by atoms with van der Waals surface area (Å²) >= 11 is 0. The van der Waals surface area contributed by atoms with Crippen LogP contribution in [0.3, 0.4) is 0 Å². The highest BCUT2D eigenvalue weighted by atomic mass is 16.5. The number of benzene rings is 2. The van der Waals surface area contributed by atoms with Gasteiger partial charge < -0.3 is 29.7 Å². The molecular weight excluding hydrogens is 476 g/mol. The lowest BCUT2D eigenvalue weighted by molar-refractivity contribution is -0.142. The summed E-state index contributed by atoms with van der Waals surface area (Å²) in [5, 5.41) is 23.7. The van der Waals surface area contributed by atoms with E-state index in [9.17, 15) is 24.6 Å². The fourth-order valence-corrected chi connectivity index (χ4v) is 5.04. The molecule has 4 aromatic rings. The largest absolute Gasteiger partial charge is 0.508 e. The molecule has 2 atom stereocenters. The summed E-state index contributed by atoms with van der Waals surface area (Å²) in [6, 6.07) is 7.17. The van der Waals surface area contributed by atoms with Crippen LogP contribution in [0.1, 0.15) is 42.0 Å². The predicted molar refractivity (Wildman–Crippen MR) is 137 cm³/mol. The Morgan fingerprint density at radius 2 is 1.89 bits per heavy atom. The van der Waals surface area contributed by atoms with Gasteiger partial charge >= 0.3 is 11.6 Å². The number of amides is 1. The van der Waals surface area contributed by atoms with Crippen molar-refractivity contribution in [2.75, 3.05) is 0 Å². The van der Waals surface area contributed by atoms with Gasteiger partial charge in [-0.2, -0.15) is 0 Å². The summed E-state index contributed by atoms with van der Waals surface area (Å²) in [4.78, 5) is 40.4. The number of aromatic nitrogens is 1. The second-order valence-corrected chi connectivity index (χ2v) is 9.53. The molecule has 0 unspecified atom stereocenters. The molecule has 5 rings (SSSR count). The van der Waals surface area contributed by atoms with Crippen molar-refractivity contribution in [1.29, 1.82) is 0 Å². The molecule has 9 nitrogen and oxygen atoms in total. The number of hydrogen-bond donors (Lipinski definition) is 4. The van der Waals surface area contributed by atoms with Gasteiger partial charge in [-0.1, -0.05) is 0 Å². The Morgan fingerprint density at radius 3 is 2.65 bits per heavy atom. The van der Waals surface area contributed by atoms with E-state index in [0.717, 1.165) is 41.3 Å². The van der Waals surface area contributed by atoms with Gasteiger partial charge in [-0.15, -0.1) is 0 Å². The molecule has 1 aliphatic rings. The third-order valence-corrected chi connectivity index (χ3v) is 7.05. The molecule has 2 heterocycles. The van der Waals surface area contributed by atoms with E-state index in [1.807, 2.05) is 6.07 Å². The summed E-state index contributed by atoms with van der Waals surface area (Å²) in [6.07, 6.45) is 4.20. The van der Waals surface area contributed by atoms with E-state index in [2.05, 4.69) is 10.3 Å². The fourth-order valence-electron chi connectivity index (χ4n) is 5.04. The second-order valence-electron chi connectivity index (χ2n) is 9.53. The number of H-pyrrole nitrogens is 1. The van der Waals surface area contributed by atoms with E-state index in [1.165, 1.54) is 13.0 Å². The SMILES string of the molecule is Cc1c(O[C@H](C)C(=O)N[C@H](Cc2c[nH]c3ccc(O)cc23)C(=O)O)ccc2c3c(c(=O)oc12)CCCC3. The maximum absolute atomic E-state index is 12.9. The third-order valence-electron chi connectivity index (χ3n) is 7.05. The Bertz CT molecular complexity index is 1580. The molecule has 0 saturated carbocycles. The topological polar surface area (TPSA) is 142 Å². The van der Waals surface area contributed by atoms with Gasteiger partial charge in [-0.05, 0) is 81.0 Å². The highest BCUT2D eigenvalue weighted by Crippen LogP contribution is 2.33. The summed E-state index contributed by atoms with van der Waals surface area (Å²) in [6.45, 7) is 3.30. The number of ether oxygens (including phenoxy) is 1. The summed E-state index contributed by atoms with van der Waals surface area (Å²) in [5.74, 6) is -1.34. The molecule has 4 N–H and O–H groups in total. The lowest BCUT2D eigenvalue weighted by Gasteiger charge is -2.21. The molecule has 37 heavy (non-hydrogen) atoms. The summed E-state index contributed by atoms with van der Waals surface area (Å²) in [7, 11) is 0. The number of carboxylic acids is 1. The number of carbonyl (C=O) groups is 2. The number of hydrogen-bond acceptors (Lipinski definition) is 6. The first-order valence-electron chi connectivity index (χ1n) is 12.3. The van der Waals surface area contributed by atoms with E-state index >= 15 is 0 Å². The first kappa shape index (κ1) is 24.4. The lowest BCUT2D eigenvalue weighted by atomic mass is 9.90. The molecule has 2 aromatic heterocycles. The number of aryl methyl sites for hydroxylation is 2. The summed E-state index contributed by atoms with van der Waals surface area (Å²) < 4.78 is 11.5. The molecule has 0 spiro atoms. The molecule has 9 heteroatoms. The predicted octanol–water partition coefficient (Wildman–Crippen LogP) is 3.75. The molecule has 192 valence electrons. The Morgan fingerprint density at radius 1 is 1.14 bits per heavy atom. The number of aliphatic carboxylic acids is 1. The Hall–Kier alpha value is -4.27. The number of phenolic OH excluding ortho intramolecular Hbond substituents is 1. The minimum absolute atomic E-state index is 0.0164. The molecule has 2 aromatic carbocycles. The van der Waals surface area contributed by atoms with Gasteiger partial charge in [-0.3, -0.25) is 4.79 Å². The molecule has 1 aliphatic carbocycles. The maximum Gasteiger partial charge on any atom is 0.339 e. The van der Waals surface area contributed by atoms with Crippen molar-refractivity contribution in [1.82, 2.24) is 10.3 Å². The molecular formula is C28H28N2O7. The minimum atomic E-state index is -1.21. The number of carboxylic acid groups (broad SMARTS) is 1. The Balaban J connectivity index is 1.34. The van der Waals surface area contributed by atoms with Crippen LogP contribution in [0.25, 0.3) is 21.9 Å². The van der Waals surface area contributed by atoms with Gasteiger partial charge in [0.1, 0.15) is 23.1 Å². The van der Waals surface area contributed by atoms with Gasteiger partial charge in [0.25, 0.3) is 5.91 Å². The first-order valence-corrected chi connectivity index (χ1v) is 12.3. The smallest absolute Gasteiger partial charge is 0.339 e. The number of aromatic amines is 1. The standard InChI is InChI=1S/C28H28N2O7/c1-14-24(10-8-19-18-5-3-4-6-20(18)28(35)37-25(14)19)36-15(2)26(32)30-23(27(33)34)11-16-13-29-22-9-7-17(31)12-21(16)22/h7-10,12-13,15,23,29,31H,3-6,11H2,1-2H3,(H,30,32)(H,33,34)/t15-,23-/m1/s1. The van der Waals surface area contributed by atoms with Crippen LogP contribution in [-0.2, 0) is 28.9 Å². The van der Waals surface area contributed by atoms with Crippen molar-refractivity contribution < 1.29 is 29.0 Å². The number of nitrogens with one attached hydrogen (secondary N) is 2.